The van der Waals surface area contributed by atoms with E-state index in [9.17, 15) is 4.21 Å². The van der Waals surface area contributed by atoms with Gasteiger partial charge in [0.05, 0.1) is 10.8 Å². The predicted molar refractivity (Wildman–Crippen MR) is 60.9 cm³/mol. The Bertz CT molecular complexity index is 476. The van der Waals surface area contributed by atoms with E-state index in [4.69, 9.17) is 0 Å². The Morgan fingerprint density at radius 2 is 1.79 bits per heavy atom. The molecule has 0 aliphatic carbocycles. The van der Waals surface area contributed by atoms with E-state index in [-0.39, 0.29) is 0 Å². The van der Waals surface area contributed by atoms with Gasteiger partial charge in [0.1, 0.15) is 0 Å². The van der Waals surface area contributed by atoms with E-state index in [1.807, 2.05) is 43.3 Å². The van der Waals surface area contributed by atoms with Crippen molar-refractivity contribution < 1.29 is 4.21 Å². The SMILES string of the molecule is CCS(=O)c1ccc2ccccc2c1. The molecule has 2 aromatic carbocycles. The lowest BCUT2D eigenvalue weighted by molar-refractivity contribution is 0.684. The van der Waals surface area contributed by atoms with E-state index in [2.05, 4.69) is 6.07 Å². The molecule has 0 radical (unpaired) electrons. The van der Waals surface area contributed by atoms with Crippen LogP contribution in [-0.2, 0) is 10.8 Å². The van der Waals surface area contributed by atoms with Crippen molar-refractivity contribution in [2.24, 2.45) is 0 Å². The zero-order chi connectivity index (χ0) is 9.97. The van der Waals surface area contributed by atoms with Gasteiger partial charge in [-0.25, -0.2) is 0 Å². The molecule has 0 saturated heterocycles. The summed E-state index contributed by atoms with van der Waals surface area (Å²) in [6, 6.07) is 14.1. The molecule has 0 amide bonds. The Morgan fingerprint density at radius 3 is 2.50 bits per heavy atom. The van der Waals surface area contributed by atoms with Gasteiger partial charge < -0.3 is 0 Å². The fourth-order valence-corrected chi connectivity index (χ4v) is 2.29. The maximum absolute atomic E-state index is 11.6. The Morgan fingerprint density at radius 1 is 1.07 bits per heavy atom. The van der Waals surface area contributed by atoms with Gasteiger partial charge in [-0.15, -0.1) is 0 Å². The number of fused-ring (bicyclic) bond motifs is 1. The molecule has 0 aliphatic rings. The van der Waals surface area contributed by atoms with Crippen molar-refractivity contribution in [2.75, 3.05) is 5.75 Å². The third-order valence-electron chi connectivity index (χ3n) is 2.25. The summed E-state index contributed by atoms with van der Waals surface area (Å²) in [5.41, 5.74) is 0. The number of rotatable bonds is 2. The number of benzene rings is 2. The van der Waals surface area contributed by atoms with Crippen LogP contribution in [0, 0.1) is 0 Å². The van der Waals surface area contributed by atoms with Crippen LogP contribution in [0.1, 0.15) is 6.92 Å². The molecule has 0 aliphatic heterocycles. The summed E-state index contributed by atoms with van der Waals surface area (Å²) in [4.78, 5) is 0.922. The van der Waals surface area contributed by atoms with Crippen LogP contribution in [0.5, 0.6) is 0 Å². The van der Waals surface area contributed by atoms with Gasteiger partial charge >= 0.3 is 0 Å². The maximum atomic E-state index is 11.6. The first-order valence-electron chi connectivity index (χ1n) is 4.68. The molecule has 0 fully saturated rings. The van der Waals surface area contributed by atoms with E-state index in [0.29, 0.717) is 5.75 Å². The highest BCUT2D eigenvalue weighted by Crippen LogP contribution is 2.17. The molecule has 2 aromatic rings. The van der Waals surface area contributed by atoms with Crippen molar-refractivity contribution in [1.82, 2.24) is 0 Å². The first kappa shape index (κ1) is 9.41. The zero-order valence-electron chi connectivity index (χ0n) is 8.07. The van der Waals surface area contributed by atoms with Crippen molar-refractivity contribution in [3.8, 4) is 0 Å². The minimum absolute atomic E-state index is 0.679. The van der Waals surface area contributed by atoms with Crippen molar-refractivity contribution in [3.63, 3.8) is 0 Å². The summed E-state index contributed by atoms with van der Waals surface area (Å²) in [5, 5.41) is 2.36. The second kappa shape index (κ2) is 3.93. The van der Waals surface area contributed by atoms with Crippen LogP contribution in [-0.4, -0.2) is 9.96 Å². The van der Waals surface area contributed by atoms with E-state index < -0.39 is 10.8 Å². The quantitative estimate of drug-likeness (QED) is 0.735. The molecule has 0 saturated carbocycles. The molecule has 1 unspecified atom stereocenters. The lowest BCUT2D eigenvalue weighted by Gasteiger charge is -2.01. The van der Waals surface area contributed by atoms with Gasteiger partial charge in [0, 0.05) is 10.6 Å². The van der Waals surface area contributed by atoms with Crippen molar-refractivity contribution in [2.45, 2.75) is 11.8 Å². The van der Waals surface area contributed by atoms with E-state index in [1.165, 1.54) is 5.39 Å². The molecular weight excluding hydrogens is 192 g/mol. The first-order valence-corrected chi connectivity index (χ1v) is 6.00. The summed E-state index contributed by atoms with van der Waals surface area (Å²) < 4.78 is 11.6. The Kier molecular flexibility index (Phi) is 2.64. The van der Waals surface area contributed by atoms with Gasteiger partial charge in [-0.2, -0.15) is 0 Å². The predicted octanol–water partition coefficient (Wildman–Crippen LogP) is 2.97. The van der Waals surface area contributed by atoms with Crippen LogP contribution < -0.4 is 0 Å². The van der Waals surface area contributed by atoms with Crippen LogP contribution in [0.3, 0.4) is 0 Å². The average Bonchev–Trinajstić information content (AvgIpc) is 2.27. The van der Waals surface area contributed by atoms with Gasteiger partial charge in [-0.1, -0.05) is 37.3 Å². The fraction of sp³-hybridized carbons (Fsp3) is 0.167. The third kappa shape index (κ3) is 1.70. The highest BCUT2D eigenvalue weighted by atomic mass is 32.2. The van der Waals surface area contributed by atoms with Crippen LogP contribution in [0.2, 0.25) is 0 Å². The monoisotopic (exact) mass is 204 g/mol. The lowest BCUT2D eigenvalue weighted by Crippen LogP contribution is -1.93. The minimum atomic E-state index is -0.846. The lowest BCUT2D eigenvalue weighted by atomic mass is 10.1. The summed E-state index contributed by atoms with van der Waals surface area (Å²) in [6.07, 6.45) is 0. The van der Waals surface area contributed by atoms with Gasteiger partial charge in [0.2, 0.25) is 0 Å². The van der Waals surface area contributed by atoms with E-state index >= 15 is 0 Å². The first-order chi connectivity index (χ1) is 6.81. The standard InChI is InChI=1S/C12H12OS/c1-2-14(13)12-8-7-10-5-3-4-6-11(10)9-12/h3-9H,2H2,1H3. The molecule has 1 nitrogen and oxygen atoms in total. The van der Waals surface area contributed by atoms with Crippen LogP contribution in [0.4, 0.5) is 0 Å². The minimum Gasteiger partial charge on any atom is -0.254 e. The normalized spacial score (nSPS) is 12.9. The molecule has 0 heterocycles. The maximum Gasteiger partial charge on any atom is 0.0526 e. The largest absolute Gasteiger partial charge is 0.254 e. The fourth-order valence-electron chi connectivity index (χ4n) is 1.48. The van der Waals surface area contributed by atoms with Crippen LogP contribution in [0.15, 0.2) is 47.4 Å². The van der Waals surface area contributed by atoms with Gasteiger partial charge in [-0.05, 0) is 22.9 Å². The number of hydrogen-bond acceptors (Lipinski definition) is 1. The third-order valence-corrected chi connectivity index (χ3v) is 3.55. The van der Waals surface area contributed by atoms with Crippen molar-refractivity contribution in [1.29, 1.82) is 0 Å². The Hall–Kier alpha value is -1.15. The molecule has 0 aromatic heterocycles. The zero-order valence-corrected chi connectivity index (χ0v) is 8.88. The van der Waals surface area contributed by atoms with Gasteiger partial charge in [0.15, 0.2) is 0 Å². The van der Waals surface area contributed by atoms with Crippen molar-refractivity contribution >= 4 is 21.6 Å². The molecule has 72 valence electrons. The summed E-state index contributed by atoms with van der Waals surface area (Å²) in [7, 11) is -0.846. The molecule has 0 bridgehead atoms. The summed E-state index contributed by atoms with van der Waals surface area (Å²) in [6.45, 7) is 1.94. The second-order valence-corrected chi connectivity index (χ2v) is 4.88. The van der Waals surface area contributed by atoms with E-state index in [0.717, 1.165) is 10.3 Å². The Balaban J connectivity index is 2.56. The highest BCUT2D eigenvalue weighted by molar-refractivity contribution is 7.85. The van der Waals surface area contributed by atoms with E-state index in [1.54, 1.807) is 0 Å². The second-order valence-electron chi connectivity index (χ2n) is 3.14. The molecule has 2 heteroatoms. The van der Waals surface area contributed by atoms with Crippen LogP contribution >= 0.6 is 0 Å². The molecule has 14 heavy (non-hydrogen) atoms. The molecular formula is C12H12OS. The van der Waals surface area contributed by atoms with Gasteiger partial charge in [0.25, 0.3) is 0 Å². The Labute approximate surface area is 86.2 Å². The molecule has 0 spiro atoms. The smallest absolute Gasteiger partial charge is 0.0526 e. The van der Waals surface area contributed by atoms with Crippen molar-refractivity contribution in [3.05, 3.63) is 42.5 Å². The summed E-state index contributed by atoms with van der Waals surface area (Å²) >= 11 is 0. The van der Waals surface area contributed by atoms with Gasteiger partial charge in [-0.3, -0.25) is 4.21 Å². The van der Waals surface area contributed by atoms with Crippen LogP contribution in [0.25, 0.3) is 10.8 Å². The molecule has 2 rings (SSSR count). The highest BCUT2D eigenvalue weighted by Gasteiger charge is 2.01. The number of hydrogen-bond donors (Lipinski definition) is 0. The molecule has 0 N–H and O–H groups in total. The molecule has 1 atom stereocenters. The topological polar surface area (TPSA) is 17.1 Å². The average molecular weight is 204 g/mol. The summed E-state index contributed by atoms with van der Waals surface area (Å²) in [5.74, 6) is 0.679.